The van der Waals surface area contributed by atoms with Crippen LogP contribution in [0.2, 0.25) is 0 Å². The summed E-state index contributed by atoms with van der Waals surface area (Å²) in [6.45, 7) is 1.49. The number of hydrogen-bond acceptors (Lipinski definition) is 5. The Kier molecular flexibility index (Phi) is 6.81. The normalized spacial score (nSPS) is 15.2. The number of ether oxygens (including phenoxy) is 1. The van der Waals surface area contributed by atoms with Crippen LogP contribution < -0.4 is 9.64 Å². The van der Waals surface area contributed by atoms with Crippen LogP contribution in [0.4, 0.5) is 5.69 Å². The quantitative estimate of drug-likeness (QED) is 0.410. The van der Waals surface area contributed by atoms with Crippen molar-refractivity contribution in [2.45, 2.75) is 8.69 Å². The minimum absolute atomic E-state index is 0.121. The third kappa shape index (κ3) is 4.79. The Bertz CT molecular complexity index is 1320. The van der Waals surface area contributed by atoms with Crippen LogP contribution in [-0.4, -0.2) is 60.3 Å². The molecule has 1 amide bonds. The van der Waals surface area contributed by atoms with Crippen LogP contribution in [0, 0.1) is 0 Å². The van der Waals surface area contributed by atoms with Gasteiger partial charge in [-0.05, 0) is 36.4 Å². The van der Waals surface area contributed by atoms with Crippen LogP contribution in [-0.2, 0) is 14.8 Å². The number of anilines is 1. The van der Waals surface area contributed by atoms with Crippen molar-refractivity contribution in [1.29, 1.82) is 0 Å². The van der Waals surface area contributed by atoms with Crippen molar-refractivity contribution in [3.8, 4) is 5.75 Å². The maximum Gasteiger partial charge on any atom is 0.274 e. The van der Waals surface area contributed by atoms with E-state index >= 15 is 0 Å². The molecule has 7 nitrogen and oxygen atoms in total. The maximum atomic E-state index is 13.5. The number of benzene rings is 2. The SMILES string of the molecule is COc1ccc(S(=O)(=O)n2ccc3ccc(Br)cc32)cc1N1CCN(C(=O)C(Cl)(Cl)Cl)CC1. The molecule has 0 atom stereocenters. The van der Waals surface area contributed by atoms with E-state index in [0.29, 0.717) is 43.1 Å². The Labute approximate surface area is 214 Å². The summed E-state index contributed by atoms with van der Waals surface area (Å²) in [6, 6.07) is 12.0. The highest BCUT2D eigenvalue weighted by Gasteiger charge is 2.37. The average Bonchev–Trinajstić information content (AvgIpc) is 3.21. The van der Waals surface area contributed by atoms with Gasteiger partial charge >= 0.3 is 0 Å². The molecule has 4 rings (SSSR count). The van der Waals surface area contributed by atoms with Crippen LogP contribution in [0.5, 0.6) is 5.75 Å². The van der Waals surface area contributed by atoms with Crippen molar-refractivity contribution in [3.63, 3.8) is 0 Å². The molecule has 0 aliphatic carbocycles. The summed E-state index contributed by atoms with van der Waals surface area (Å²) >= 11 is 20.6. The number of piperazine rings is 1. The Morgan fingerprint density at radius 1 is 1.03 bits per heavy atom. The fraction of sp³-hybridized carbons (Fsp3) is 0.286. The van der Waals surface area contributed by atoms with Gasteiger partial charge in [-0.2, -0.15) is 0 Å². The first kappa shape index (κ1) is 24.5. The topological polar surface area (TPSA) is 71.9 Å². The Morgan fingerprint density at radius 3 is 2.36 bits per heavy atom. The van der Waals surface area contributed by atoms with E-state index in [4.69, 9.17) is 39.5 Å². The summed E-state index contributed by atoms with van der Waals surface area (Å²) in [7, 11) is -2.35. The van der Waals surface area contributed by atoms with Crippen molar-refractivity contribution in [2.24, 2.45) is 0 Å². The van der Waals surface area contributed by atoms with Crippen LogP contribution in [0.25, 0.3) is 10.9 Å². The van der Waals surface area contributed by atoms with Crippen molar-refractivity contribution < 1.29 is 17.9 Å². The number of aromatic nitrogens is 1. The molecule has 1 aliphatic rings. The molecular weight excluding hydrogens is 577 g/mol. The van der Waals surface area contributed by atoms with Crippen LogP contribution in [0.15, 0.2) is 58.0 Å². The van der Waals surface area contributed by atoms with Gasteiger partial charge in [0.05, 0.1) is 23.2 Å². The highest BCUT2D eigenvalue weighted by Crippen LogP contribution is 2.34. The van der Waals surface area contributed by atoms with E-state index in [1.54, 1.807) is 24.3 Å². The van der Waals surface area contributed by atoms with Gasteiger partial charge in [-0.3, -0.25) is 4.79 Å². The molecule has 33 heavy (non-hydrogen) atoms. The number of rotatable bonds is 4. The standard InChI is InChI=1S/C21H19BrCl3N3O4S/c1-32-19-5-4-16(33(30,31)28-7-6-14-2-3-15(22)12-17(14)28)13-18(19)26-8-10-27(11-9-26)20(29)21(23,24)25/h2-7,12-13H,8-11H2,1H3. The van der Waals surface area contributed by atoms with Gasteiger partial charge < -0.3 is 14.5 Å². The first-order valence-corrected chi connectivity index (χ1v) is 13.2. The van der Waals surface area contributed by atoms with Crippen molar-refractivity contribution in [2.75, 3.05) is 38.2 Å². The minimum Gasteiger partial charge on any atom is -0.495 e. The summed E-state index contributed by atoms with van der Waals surface area (Å²) < 4.78 is 32.5. The predicted octanol–water partition coefficient (Wildman–Crippen LogP) is 4.67. The minimum atomic E-state index is -3.87. The molecule has 0 unspecified atom stereocenters. The summed E-state index contributed by atoms with van der Waals surface area (Å²) in [5, 5.41) is 0.810. The summed E-state index contributed by atoms with van der Waals surface area (Å²) in [5.74, 6) is -0.0590. The number of hydrogen-bond donors (Lipinski definition) is 0. The largest absolute Gasteiger partial charge is 0.495 e. The number of fused-ring (bicyclic) bond motifs is 1. The molecule has 2 aromatic carbocycles. The van der Waals surface area contributed by atoms with E-state index in [1.165, 1.54) is 28.2 Å². The highest BCUT2D eigenvalue weighted by molar-refractivity contribution is 9.10. The molecule has 1 aromatic heterocycles. The zero-order valence-electron chi connectivity index (χ0n) is 17.3. The summed E-state index contributed by atoms with van der Waals surface area (Å²) in [4.78, 5) is 15.8. The van der Waals surface area contributed by atoms with Crippen LogP contribution in [0.1, 0.15) is 0 Å². The molecule has 2 heterocycles. The number of halogens is 4. The van der Waals surface area contributed by atoms with Gasteiger partial charge in [-0.15, -0.1) is 0 Å². The van der Waals surface area contributed by atoms with E-state index in [2.05, 4.69) is 15.9 Å². The Balaban J connectivity index is 1.66. The Morgan fingerprint density at radius 2 is 1.73 bits per heavy atom. The summed E-state index contributed by atoms with van der Waals surface area (Å²) in [6.07, 6.45) is 1.54. The number of carbonyl (C=O) groups is 1. The lowest BCUT2D eigenvalue weighted by Gasteiger charge is -2.37. The van der Waals surface area contributed by atoms with E-state index in [1.807, 2.05) is 17.0 Å². The number of carbonyl (C=O) groups excluding carboxylic acids is 1. The van der Waals surface area contributed by atoms with Gasteiger partial charge in [-0.25, -0.2) is 12.4 Å². The number of amides is 1. The lowest BCUT2D eigenvalue weighted by molar-refractivity contribution is -0.130. The highest BCUT2D eigenvalue weighted by atomic mass is 79.9. The maximum absolute atomic E-state index is 13.5. The second kappa shape index (κ2) is 9.19. The molecule has 1 fully saturated rings. The van der Waals surface area contributed by atoms with Gasteiger partial charge in [0, 0.05) is 42.2 Å². The lowest BCUT2D eigenvalue weighted by atomic mass is 10.2. The molecular formula is C21H19BrCl3N3O4S. The molecule has 0 saturated carbocycles. The smallest absolute Gasteiger partial charge is 0.274 e. The van der Waals surface area contributed by atoms with Gasteiger partial charge in [0.15, 0.2) is 0 Å². The molecule has 0 spiro atoms. The third-order valence-corrected chi connectivity index (χ3v) is 8.14. The van der Waals surface area contributed by atoms with Crippen molar-refractivity contribution in [1.82, 2.24) is 8.87 Å². The van der Waals surface area contributed by atoms with E-state index < -0.39 is 19.7 Å². The lowest BCUT2D eigenvalue weighted by Crippen LogP contribution is -2.51. The zero-order chi connectivity index (χ0) is 24.0. The monoisotopic (exact) mass is 593 g/mol. The molecule has 1 aliphatic heterocycles. The van der Waals surface area contributed by atoms with Crippen LogP contribution >= 0.6 is 50.7 Å². The zero-order valence-corrected chi connectivity index (χ0v) is 22.0. The molecule has 0 N–H and O–H groups in total. The van der Waals surface area contributed by atoms with Gasteiger partial charge in [0.25, 0.3) is 19.7 Å². The second-order valence-electron chi connectivity index (χ2n) is 7.43. The van der Waals surface area contributed by atoms with Gasteiger partial charge in [0.2, 0.25) is 0 Å². The molecule has 12 heteroatoms. The van der Waals surface area contributed by atoms with Crippen molar-refractivity contribution in [3.05, 3.63) is 53.1 Å². The van der Waals surface area contributed by atoms with E-state index in [0.717, 1.165) is 9.86 Å². The van der Waals surface area contributed by atoms with Crippen molar-refractivity contribution >= 4 is 83.3 Å². The second-order valence-corrected chi connectivity index (χ2v) is 12.4. The predicted molar refractivity (Wildman–Crippen MR) is 134 cm³/mol. The number of methoxy groups -OCH3 is 1. The number of nitrogens with zero attached hydrogens (tertiary/aromatic N) is 3. The average molecular weight is 596 g/mol. The molecule has 176 valence electrons. The molecule has 1 saturated heterocycles. The molecule has 0 bridgehead atoms. The van der Waals surface area contributed by atoms with Gasteiger partial charge in [-0.1, -0.05) is 56.8 Å². The third-order valence-electron chi connectivity index (χ3n) is 5.48. The first-order valence-electron chi connectivity index (χ1n) is 9.83. The molecule has 0 radical (unpaired) electrons. The first-order chi connectivity index (χ1) is 15.5. The van der Waals surface area contributed by atoms with E-state index in [9.17, 15) is 13.2 Å². The fourth-order valence-electron chi connectivity index (χ4n) is 3.81. The summed E-state index contributed by atoms with van der Waals surface area (Å²) in [5.41, 5.74) is 1.18. The van der Waals surface area contributed by atoms with Crippen LogP contribution in [0.3, 0.4) is 0 Å². The number of alkyl halides is 3. The molecule has 3 aromatic rings. The fourth-order valence-corrected chi connectivity index (χ4v) is 5.88. The van der Waals surface area contributed by atoms with E-state index in [-0.39, 0.29) is 4.90 Å². The van der Waals surface area contributed by atoms with Gasteiger partial charge in [0.1, 0.15) is 5.75 Å². The Hall–Kier alpha value is -1.65.